The number of furan rings is 1. The highest BCUT2D eigenvalue weighted by Gasteiger charge is 2.31. The number of piperazine rings is 1. The van der Waals surface area contributed by atoms with Gasteiger partial charge in [0.1, 0.15) is 11.6 Å². The summed E-state index contributed by atoms with van der Waals surface area (Å²) < 4.78 is 24.4. The first-order valence-corrected chi connectivity index (χ1v) is 10.5. The molecule has 1 aliphatic heterocycles. The zero-order chi connectivity index (χ0) is 21.5. The van der Waals surface area contributed by atoms with E-state index in [2.05, 4.69) is 10.2 Å². The SMILES string of the molecule is O=C(COc1ccccc1)NC[C@H](c1ccco1)[NH+]1CCN(c2ccc(F)cc2)CC1. The molecule has 2 aromatic carbocycles. The van der Waals surface area contributed by atoms with Crippen LogP contribution in [0.1, 0.15) is 11.8 Å². The van der Waals surface area contributed by atoms with Crippen molar-refractivity contribution in [2.24, 2.45) is 0 Å². The van der Waals surface area contributed by atoms with Gasteiger partial charge in [-0.1, -0.05) is 18.2 Å². The van der Waals surface area contributed by atoms with Crippen LogP contribution in [0.3, 0.4) is 0 Å². The fourth-order valence-corrected chi connectivity index (χ4v) is 3.92. The summed E-state index contributed by atoms with van der Waals surface area (Å²) in [7, 11) is 0. The molecule has 0 radical (unpaired) electrons. The third-order valence-electron chi connectivity index (χ3n) is 5.59. The Morgan fingerprint density at radius 3 is 2.48 bits per heavy atom. The van der Waals surface area contributed by atoms with Gasteiger partial charge in [0.15, 0.2) is 18.4 Å². The Morgan fingerprint density at radius 2 is 1.81 bits per heavy atom. The number of quaternary nitrogens is 1. The quantitative estimate of drug-likeness (QED) is 0.581. The minimum atomic E-state index is -0.224. The highest BCUT2D eigenvalue weighted by molar-refractivity contribution is 5.77. The largest absolute Gasteiger partial charge is 0.484 e. The van der Waals surface area contributed by atoms with Gasteiger partial charge in [-0.25, -0.2) is 4.39 Å². The minimum absolute atomic E-state index is 0.0195. The molecule has 0 unspecified atom stereocenters. The van der Waals surface area contributed by atoms with Crippen LogP contribution in [0.2, 0.25) is 0 Å². The van der Waals surface area contributed by atoms with E-state index < -0.39 is 0 Å². The molecule has 162 valence electrons. The average Bonchev–Trinajstić information content (AvgIpc) is 3.34. The number of benzene rings is 2. The summed E-state index contributed by atoms with van der Waals surface area (Å²) in [5.74, 6) is 1.14. The molecule has 2 N–H and O–H groups in total. The van der Waals surface area contributed by atoms with Crippen LogP contribution in [0.5, 0.6) is 5.75 Å². The number of halogens is 1. The third-order valence-corrected chi connectivity index (χ3v) is 5.59. The molecular formula is C24H27FN3O3+. The Hall–Kier alpha value is -3.32. The van der Waals surface area contributed by atoms with Crippen LogP contribution in [0, 0.1) is 5.82 Å². The van der Waals surface area contributed by atoms with E-state index in [1.165, 1.54) is 17.0 Å². The fraction of sp³-hybridized carbons (Fsp3) is 0.292. The normalized spacial score (nSPS) is 15.5. The van der Waals surface area contributed by atoms with E-state index >= 15 is 0 Å². The molecule has 1 amide bonds. The van der Waals surface area contributed by atoms with E-state index in [0.29, 0.717) is 12.3 Å². The summed E-state index contributed by atoms with van der Waals surface area (Å²) >= 11 is 0. The zero-order valence-electron chi connectivity index (χ0n) is 17.3. The Balaban J connectivity index is 1.32. The number of nitrogens with one attached hydrogen (secondary N) is 2. The number of hydrogen-bond acceptors (Lipinski definition) is 4. The molecule has 0 bridgehead atoms. The average molecular weight is 424 g/mol. The van der Waals surface area contributed by atoms with Gasteiger partial charge in [-0.05, 0) is 48.5 Å². The summed E-state index contributed by atoms with van der Waals surface area (Å²) in [4.78, 5) is 15.9. The van der Waals surface area contributed by atoms with Crippen molar-refractivity contribution in [3.63, 3.8) is 0 Å². The Kier molecular flexibility index (Phi) is 6.84. The lowest BCUT2D eigenvalue weighted by Gasteiger charge is -2.37. The fourth-order valence-electron chi connectivity index (χ4n) is 3.92. The monoisotopic (exact) mass is 424 g/mol. The first-order chi connectivity index (χ1) is 15.2. The van der Waals surface area contributed by atoms with E-state index in [0.717, 1.165) is 37.6 Å². The summed E-state index contributed by atoms with van der Waals surface area (Å²) in [6.45, 7) is 3.92. The molecule has 7 heteroatoms. The second-order valence-electron chi connectivity index (χ2n) is 7.60. The van der Waals surface area contributed by atoms with Crippen LogP contribution in [-0.4, -0.2) is 45.2 Å². The topological polar surface area (TPSA) is 59.1 Å². The molecule has 6 nitrogen and oxygen atoms in total. The first kappa shape index (κ1) is 20.9. The number of carbonyl (C=O) groups excluding carboxylic acids is 1. The Morgan fingerprint density at radius 1 is 1.06 bits per heavy atom. The maximum absolute atomic E-state index is 13.2. The van der Waals surface area contributed by atoms with Crippen molar-refractivity contribution in [1.29, 1.82) is 0 Å². The predicted octanol–water partition coefficient (Wildman–Crippen LogP) is 2.06. The molecule has 1 aliphatic rings. The van der Waals surface area contributed by atoms with Crippen LogP contribution in [0.25, 0.3) is 0 Å². The molecule has 1 atom stereocenters. The van der Waals surface area contributed by atoms with E-state index in [-0.39, 0.29) is 24.4 Å². The lowest BCUT2D eigenvalue weighted by atomic mass is 10.1. The smallest absolute Gasteiger partial charge is 0.258 e. The maximum Gasteiger partial charge on any atom is 0.258 e. The van der Waals surface area contributed by atoms with E-state index in [1.807, 2.05) is 54.6 Å². The van der Waals surface area contributed by atoms with Crippen molar-refractivity contribution < 1.29 is 23.2 Å². The summed E-state index contributed by atoms with van der Waals surface area (Å²) in [5, 5.41) is 2.99. The molecule has 0 spiro atoms. The van der Waals surface area contributed by atoms with Crippen LogP contribution in [0.15, 0.2) is 77.4 Å². The number of para-hydroxylation sites is 1. The van der Waals surface area contributed by atoms with Gasteiger partial charge >= 0.3 is 0 Å². The van der Waals surface area contributed by atoms with Crippen LogP contribution >= 0.6 is 0 Å². The molecule has 0 saturated carbocycles. The number of ether oxygens (including phenoxy) is 1. The van der Waals surface area contributed by atoms with E-state index in [4.69, 9.17) is 9.15 Å². The number of nitrogens with zero attached hydrogens (tertiary/aromatic N) is 1. The van der Waals surface area contributed by atoms with Crippen molar-refractivity contribution in [1.82, 2.24) is 5.32 Å². The van der Waals surface area contributed by atoms with Gasteiger partial charge < -0.3 is 24.3 Å². The molecule has 1 saturated heterocycles. The molecule has 4 rings (SSSR count). The lowest BCUT2D eigenvalue weighted by Crippen LogP contribution is -3.15. The van der Waals surface area contributed by atoms with E-state index in [1.54, 1.807) is 6.26 Å². The predicted molar refractivity (Wildman–Crippen MR) is 116 cm³/mol. The minimum Gasteiger partial charge on any atom is -0.484 e. The summed E-state index contributed by atoms with van der Waals surface area (Å²) in [6, 6.07) is 19.8. The van der Waals surface area contributed by atoms with Gasteiger partial charge in [-0.3, -0.25) is 4.79 Å². The van der Waals surface area contributed by atoms with Gasteiger partial charge in [-0.2, -0.15) is 0 Å². The number of anilines is 1. The molecule has 2 heterocycles. The standard InChI is InChI=1S/C24H26FN3O3/c25-19-8-10-20(11-9-19)27-12-14-28(15-13-27)22(23-7-4-16-30-23)17-26-24(29)18-31-21-5-2-1-3-6-21/h1-11,16,22H,12-15,17-18H2,(H,26,29)/p+1/t22-/m1/s1. The molecule has 1 fully saturated rings. The summed E-state index contributed by atoms with van der Waals surface area (Å²) in [5.41, 5.74) is 1.03. The second-order valence-corrected chi connectivity index (χ2v) is 7.60. The Labute approximate surface area is 181 Å². The van der Waals surface area contributed by atoms with Crippen molar-refractivity contribution in [2.45, 2.75) is 6.04 Å². The van der Waals surface area contributed by atoms with Crippen molar-refractivity contribution >= 4 is 11.6 Å². The highest BCUT2D eigenvalue weighted by Crippen LogP contribution is 2.16. The van der Waals surface area contributed by atoms with Crippen LogP contribution < -0.4 is 19.9 Å². The maximum atomic E-state index is 13.2. The van der Waals surface area contributed by atoms with Crippen LogP contribution in [-0.2, 0) is 4.79 Å². The zero-order valence-corrected chi connectivity index (χ0v) is 17.3. The van der Waals surface area contributed by atoms with Gasteiger partial charge in [0.25, 0.3) is 5.91 Å². The molecular weight excluding hydrogens is 397 g/mol. The van der Waals surface area contributed by atoms with Crippen molar-refractivity contribution in [3.05, 3.63) is 84.6 Å². The number of hydrogen-bond donors (Lipinski definition) is 2. The van der Waals surface area contributed by atoms with Gasteiger partial charge in [0.05, 0.1) is 39.0 Å². The van der Waals surface area contributed by atoms with Crippen LogP contribution in [0.4, 0.5) is 10.1 Å². The number of carbonyl (C=O) groups is 1. The van der Waals surface area contributed by atoms with Gasteiger partial charge in [0.2, 0.25) is 0 Å². The first-order valence-electron chi connectivity index (χ1n) is 10.5. The van der Waals surface area contributed by atoms with Crippen molar-refractivity contribution in [2.75, 3.05) is 44.2 Å². The number of rotatable bonds is 8. The second kappa shape index (κ2) is 10.1. The number of amides is 1. The highest BCUT2D eigenvalue weighted by atomic mass is 19.1. The Bertz CT molecular complexity index is 940. The molecule has 1 aromatic heterocycles. The third kappa shape index (κ3) is 5.64. The van der Waals surface area contributed by atoms with Gasteiger partial charge in [-0.15, -0.1) is 0 Å². The summed E-state index contributed by atoms with van der Waals surface area (Å²) in [6.07, 6.45) is 1.66. The molecule has 0 aliphatic carbocycles. The molecule has 31 heavy (non-hydrogen) atoms. The molecule has 3 aromatic rings. The van der Waals surface area contributed by atoms with Gasteiger partial charge in [0, 0.05) is 5.69 Å². The van der Waals surface area contributed by atoms with Crippen molar-refractivity contribution in [3.8, 4) is 5.75 Å². The lowest BCUT2D eigenvalue weighted by molar-refractivity contribution is -0.932. The van der Waals surface area contributed by atoms with E-state index in [9.17, 15) is 9.18 Å².